The maximum atomic E-state index is 12.2. The Hall–Kier alpha value is -3.86. The van der Waals surface area contributed by atoms with E-state index in [0.717, 1.165) is 16.6 Å². The quantitative estimate of drug-likeness (QED) is 0.361. The minimum absolute atomic E-state index is 0.103. The molecule has 0 spiro atoms. The maximum absolute atomic E-state index is 12.2. The van der Waals surface area contributed by atoms with Gasteiger partial charge in [0.1, 0.15) is 0 Å². The van der Waals surface area contributed by atoms with Gasteiger partial charge in [0.25, 0.3) is 0 Å². The minimum Gasteiger partial charge on any atom is -0.350 e. The molecule has 0 radical (unpaired) electrons. The van der Waals surface area contributed by atoms with Gasteiger partial charge in [0, 0.05) is 6.54 Å². The van der Waals surface area contributed by atoms with Gasteiger partial charge in [-0.1, -0.05) is 77.9 Å². The predicted octanol–water partition coefficient (Wildman–Crippen LogP) is 5.06. The van der Waals surface area contributed by atoms with Crippen LogP contribution in [0.25, 0.3) is 11.0 Å². The Kier molecular flexibility index (Phi) is 7.12. The number of imidazole rings is 1. The third kappa shape index (κ3) is 5.20. The summed E-state index contributed by atoms with van der Waals surface area (Å²) >= 11 is 0. The highest BCUT2D eigenvalue weighted by Crippen LogP contribution is 2.21. The Bertz CT molecular complexity index is 1360. The Morgan fingerprint density at radius 1 is 0.912 bits per heavy atom. The van der Waals surface area contributed by atoms with E-state index in [0.29, 0.717) is 25.1 Å². The van der Waals surface area contributed by atoms with E-state index in [9.17, 15) is 4.79 Å². The molecule has 4 aromatic rings. The highest BCUT2D eigenvalue weighted by atomic mass is 16.1. The Labute approximate surface area is 200 Å². The van der Waals surface area contributed by atoms with E-state index in [1.165, 1.54) is 22.8 Å². The molecule has 174 valence electrons. The summed E-state index contributed by atoms with van der Waals surface area (Å²) in [5, 5.41) is 12.2. The second-order valence-corrected chi connectivity index (χ2v) is 8.84. The van der Waals surface area contributed by atoms with Crippen LogP contribution in [-0.2, 0) is 17.8 Å². The van der Waals surface area contributed by atoms with Crippen LogP contribution in [0.3, 0.4) is 0 Å². The van der Waals surface area contributed by atoms with Crippen molar-refractivity contribution in [2.45, 2.75) is 39.8 Å². The lowest BCUT2D eigenvalue weighted by molar-refractivity contribution is -0.116. The summed E-state index contributed by atoms with van der Waals surface area (Å²) in [6.45, 7) is 7.05. The van der Waals surface area contributed by atoms with Gasteiger partial charge in [-0.2, -0.15) is 0 Å². The standard InChI is InChI=1S/C29H32N4O/c1-4-7-28(34)31-19-25(18-23-14-10-21(2)11-15-23)33-27-9-6-5-8-26(27)32(29(33)30)20-24-16-12-22(3)13-17-24/h4-17,25,30H,18-20H2,1-3H3,(H,31,34)/b7-4+,30-29?. The third-order valence-corrected chi connectivity index (χ3v) is 6.16. The summed E-state index contributed by atoms with van der Waals surface area (Å²) in [4.78, 5) is 12.2. The van der Waals surface area contributed by atoms with Crippen molar-refractivity contribution >= 4 is 16.9 Å². The molecule has 2 N–H and O–H groups in total. The fourth-order valence-electron chi connectivity index (χ4n) is 4.34. The zero-order valence-electron chi connectivity index (χ0n) is 20.1. The van der Waals surface area contributed by atoms with Gasteiger partial charge in [-0.15, -0.1) is 0 Å². The molecule has 1 amide bonds. The Morgan fingerprint density at radius 3 is 2.12 bits per heavy atom. The smallest absolute Gasteiger partial charge is 0.243 e. The summed E-state index contributed by atoms with van der Waals surface area (Å²) < 4.78 is 4.12. The molecule has 1 aromatic heterocycles. The number of amides is 1. The summed E-state index contributed by atoms with van der Waals surface area (Å²) in [5.74, 6) is -0.119. The summed E-state index contributed by atoms with van der Waals surface area (Å²) in [6, 6.07) is 25.0. The van der Waals surface area contributed by atoms with Gasteiger partial charge in [-0.3, -0.25) is 10.2 Å². The van der Waals surface area contributed by atoms with Crippen LogP contribution in [0.1, 0.15) is 35.2 Å². The van der Waals surface area contributed by atoms with Crippen molar-refractivity contribution in [2.24, 2.45) is 0 Å². The van der Waals surface area contributed by atoms with E-state index in [1.807, 2.05) is 19.1 Å². The van der Waals surface area contributed by atoms with E-state index in [2.05, 4.69) is 89.0 Å². The van der Waals surface area contributed by atoms with Crippen LogP contribution in [0.2, 0.25) is 0 Å². The number of carbonyl (C=O) groups is 1. The van der Waals surface area contributed by atoms with Crippen LogP contribution in [0, 0.1) is 19.3 Å². The van der Waals surface area contributed by atoms with Crippen LogP contribution < -0.4 is 10.9 Å². The molecule has 0 bridgehead atoms. The molecule has 0 saturated carbocycles. The van der Waals surface area contributed by atoms with Gasteiger partial charge >= 0.3 is 0 Å². The second-order valence-electron chi connectivity index (χ2n) is 8.84. The van der Waals surface area contributed by atoms with Crippen LogP contribution in [0.4, 0.5) is 0 Å². The number of rotatable bonds is 8. The number of allylic oxidation sites excluding steroid dienone is 1. The van der Waals surface area contributed by atoms with Crippen molar-refractivity contribution in [3.63, 3.8) is 0 Å². The van der Waals surface area contributed by atoms with Crippen molar-refractivity contribution in [3.8, 4) is 0 Å². The van der Waals surface area contributed by atoms with Crippen LogP contribution >= 0.6 is 0 Å². The molecular formula is C29H32N4O. The predicted molar refractivity (Wildman–Crippen MR) is 138 cm³/mol. The lowest BCUT2D eigenvalue weighted by atomic mass is 10.0. The Morgan fingerprint density at radius 2 is 1.50 bits per heavy atom. The molecule has 1 heterocycles. The lowest BCUT2D eigenvalue weighted by Crippen LogP contribution is -2.36. The molecule has 0 aliphatic carbocycles. The molecule has 4 rings (SSSR count). The number of fused-ring (bicyclic) bond motifs is 1. The fraction of sp³-hybridized carbons (Fsp3) is 0.241. The van der Waals surface area contributed by atoms with Gasteiger partial charge < -0.3 is 14.5 Å². The minimum atomic E-state index is -0.119. The van der Waals surface area contributed by atoms with Gasteiger partial charge in [0.2, 0.25) is 11.5 Å². The average molecular weight is 453 g/mol. The van der Waals surface area contributed by atoms with Crippen LogP contribution in [0.15, 0.2) is 84.9 Å². The van der Waals surface area contributed by atoms with Gasteiger partial charge in [0.15, 0.2) is 0 Å². The maximum Gasteiger partial charge on any atom is 0.243 e. The van der Waals surface area contributed by atoms with E-state index < -0.39 is 0 Å². The first-order valence-corrected chi connectivity index (χ1v) is 11.7. The molecule has 5 nitrogen and oxygen atoms in total. The monoisotopic (exact) mass is 452 g/mol. The average Bonchev–Trinajstić information content (AvgIpc) is 3.11. The van der Waals surface area contributed by atoms with E-state index in [4.69, 9.17) is 5.41 Å². The van der Waals surface area contributed by atoms with E-state index >= 15 is 0 Å². The van der Waals surface area contributed by atoms with E-state index in [1.54, 1.807) is 6.08 Å². The molecule has 0 fully saturated rings. The number of hydrogen-bond acceptors (Lipinski definition) is 2. The molecule has 0 aliphatic rings. The SMILES string of the molecule is C/C=C/C(=O)NCC(Cc1ccc(C)cc1)n1c(=N)n(Cc2ccc(C)cc2)c2ccccc21. The number of hydrogen-bond donors (Lipinski definition) is 2. The van der Waals surface area contributed by atoms with Gasteiger partial charge in [-0.05, 0) is 56.5 Å². The van der Waals surface area contributed by atoms with Crippen LogP contribution in [0.5, 0.6) is 0 Å². The Balaban J connectivity index is 1.77. The zero-order chi connectivity index (χ0) is 24.1. The first kappa shape index (κ1) is 23.3. The van der Waals surface area contributed by atoms with Crippen molar-refractivity contribution in [1.29, 1.82) is 5.41 Å². The molecule has 0 saturated heterocycles. The molecular weight excluding hydrogens is 420 g/mol. The van der Waals surface area contributed by atoms with E-state index in [-0.39, 0.29) is 11.9 Å². The number of nitrogens with zero attached hydrogens (tertiary/aromatic N) is 2. The number of benzene rings is 3. The molecule has 0 aliphatic heterocycles. The number of nitrogens with one attached hydrogen (secondary N) is 2. The highest BCUT2D eigenvalue weighted by Gasteiger charge is 2.20. The molecule has 1 unspecified atom stereocenters. The summed E-state index contributed by atoms with van der Waals surface area (Å²) in [6.07, 6.45) is 3.99. The highest BCUT2D eigenvalue weighted by molar-refractivity contribution is 5.87. The molecule has 3 aromatic carbocycles. The topological polar surface area (TPSA) is 62.8 Å². The normalized spacial score (nSPS) is 12.3. The molecule has 34 heavy (non-hydrogen) atoms. The number of aromatic nitrogens is 2. The molecule has 1 atom stereocenters. The fourth-order valence-corrected chi connectivity index (χ4v) is 4.34. The lowest BCUT2D eigenvalue weighted by Gasteiger charge is -2.20. The zero-order valence-corrected chi connectivity index (χ0v) is 20.1. The first-order valence-electron chi connectivity index (χ1n) is 11.7. The third-order valence-electron chi connectivity index (χ3n) is 6.16. The first-order chi connectivity index (χ1) is 16.5. The number of carbonyl (C=O) groups excluding carboxylic acids is 1. The van der Waals surface area contributed by atoms with Crippen LogP contribution in [-0.4, -0.2) is 21.6 Å². The summed E-state index contributed by atoms with van der Waals surface area (Å²) in [7, 11) is 0. The molecule has 5 heteroatoms. The number of para-hydroxylation sites is 2. The van der Waals surface area contributed by atoms with Crippen molar-refractivity contribution in [2.75, 3.05) is 6.54 Å². The number of aryl methyl sites for hydroxylation is 2. The summed E-state index contributed by atoms with van der Waals surface area (Å²) in [5.41, 5.74) is 7.21. The largest absolute Gasteiger partial charge is 0.350 e. The van der Waals surface area contributed by atoms with Crippen molar-refractivity contribution in [3.05, 3.63) is 113 Å². The van der Waals surface area contributed by atoms with Crippen molar-refractivity contribution in [1.82, 2.24) is 14.5 Å². The van der Waals surface area contributed by atoms with Gasteiger partial charge in [0.05, 0.1) is 23.6 Å². The second kappa shape index (κ2) is 10.4. The van der Waals surface area contributed by atoms with Gasteiger partial charge in [-0.25, -0.2) is 0 Å². The van der Waals surface area contributed by atoms with Crippen molar-refractivity contribution < 1.29 is 4.79 Å².